The summed E-state index contributed by atoms with van der Waals surface area (Å²) in [5.41, 5.74) is -0.408. The third kappa shape index (κ3) is 6.72. The van der Waals surface area contributed by atoms with Gasteiger partial charge in [0, 0.05) is 48.8 Å². The maximum atomic E-state index is 13.5. The zero-order valence-corrected chi connectivity index (χ0v) is 24.2. The summed E-state index contributed by atoms with van der Waals surface area (Å²) < 4.78 is 64.6. The van der Waals surface area contributed by atoms with Crippen LogP contribution in [-0.2, 0) is 24.6 Å². The van der Waals surface area contributed by atoms with Gasteiger partial charge in [-0.25, -0.2) is 16.8 Å². The Morgan fingerprint density at radius 3 is 2.68 bits per heavy atom. The molecular formula is C28H35N3O8S2. The molecule has 2 saturated heterocycles. The number of aliphatic hydroxyl groups excluding tert-OH is 2. The highest BCUT2D eigenvalue weighted by atomic mass is 32.2. The quantitative estimate of drug-likeness (QED) is 0.292. The minimum atomic E-state index is -3.67. The van der Waals surface area contributed by atoms with Crippen molar-refractivity contribution in [2.24, 2.45) is 0 Å². The molecule has 3 aromatic rings. The highest BCUT2D eigenvalue weighted by molar-refractivity contribution is 7.91. The van der Waals surface area contributed by atoms with E-state index in [0.29, 0.717) is 50.1 Å². The molecule has 1 aromatic heterocycles. The molecule has 222 valence electrons. The second-order valence-corrected chi connectivity index (χ2v) is 14.6. The smallest absolute Gasteiger partial charge is 0.243 e. The molecule has 2 aliphatic rings. The van der Waals surface area contributed by atoms with E-state index in [2.05, 4.69) is 10.3 Å². The number of hydrogen-bond donors (Lipinski definition) is 3. The lowest BCUT2D eigenvalue weighted by atomic mass is 9.88. The first kappa shape index (κ1) is 29.8. The monoisotopic (exact) mass is 605 g/mol. The summed E-state index contributed by atoms with van der Waals surface area (Å²) in [4.78, 5) is 4.43. The Balaban J connectivity index is 1.10. The van der Waals surface area contributed by atoms with Crippen molar-refractivity contribution in [3.05, 3.63) is 60.9 Å². The molecule has 2 aromatic carbocycles. The third-order valence-corrected chi connectivity index (χ3v) is 11.4. The number of aliphatic hydroxyl groups is 2. The molecule has 1 unspecified atom stereocenters. The van der Waals surface area contributed by atoms with Gasteiger partial charge in [0.25, 0.3) is 0 Å². The number of aromatic nitrogens is 1. The van der Waals surface area contributed by atoms with Crippen LogP contribution < -0.4 is 10.1 Å². The Morgan fingerprint density at radius 2 is 1.90 bits per heavy atom. The minimum Gasteiger partial charge on any atom is -0.491 e. The number of benzene rings is 2. The van der Waals surface area contributed by atoms with Gasteiger partial charge in [0.05, 0.1) is 34.4 Å². The van der Waals surface area contributed by atoms with E-state index in [-0.39, 0.29) is 34.7 Å². The van der Waals surface area contributed by atoms with Crippen molar-refractivity contribution in [1.82, 2.24) is 14.6 Å². The number of rotatable bonds is 11. The highest BCUT2D eigenvalue weighted by Crippen LogP contribution is 2.38. The number of sulfone groups is 1. The average Bonchev–Trinajstić information content (AvgIpc) is 3.37. The summed E-state index contributed by atoms with van der Waals surface area (Å²) in [6, 6.07) is 12.9. The van der Waals surface area contributed by atoms with Gasteiger partial charge in [-0.1, -0.05) is 18.2 Å². The molecule has 5 rings (SSSR count). The van der Waals surface area contributed by atoms with E-state index in [9.17, 15) is 21.9 Å². The van der Waals surface area contributed by atoms with Crippen molar-refractivity contribution in [1.29, 1.82) is 0 Å². The first-order chi connectivity index (χ1) is 19.6. The molecular weight excluding hydrogens is 570 g/mol. The molecule has 0 aliphatic carbocycles. The lowest BCUT2D eigenvalue weighted by molar-refractivity contribution is -0.0312. The fraction of sp³-hybridized carbons (Fsp3) is 0.464. The summed E-state index contributed by atoms with van der Waals surface area (Å²) >= 11 is 0. The number of piperidine rings is 1. The fourth-order valence-electron chi connectivity index (χ4n) is 5.46. The number of pyridine rings is 1. The predicted octanol–water partition coefficient (Wildman–Crippen LogP) is 1.34. The Morgan fingerprint density at radius 1 is 1.12 bits per heavy atom. The second kappa shape index (κ2) is 12.3. The standard InChI is InChI=1S/C28H35N3O8S2/c32-13-14-40(34,35)25-5-2-4-24(15-25)38-20-23(33)18-30-22-16-28(39-19-22)8-11-31(12-9-28)41(36,37)27-6-1-3-21-17-29-10-7-26(21)27/h1-7,10,15,17,22-23,30,32-33H,8-9,11-14,16,18-20H2/t22-,23?/m1/s1. The molecule has 0 bridgehead atoms. The fourth-order valence-corrected chi connectivity index (χ4v) is 8.18. The maximum absolute atomic E-state index is 13.5. The number of nitrogens with one attached hydrogen (secondary N) is 1. The first-order valence-electron chi connectivity index (χ1n) is 13.6. The van der Waals surface area contributed by atoms with Gasteiger partial charge in [0.1, 0.15) is 18.5 Å². The normalized spacial score (nSPS) is 20.4. The second-order valence-electron chi connectivity index (χ2n) is 10.5. The summed E-state index contributed by atoms with van der Waals surface area (Å²) in [7, 11) is -7.27. The van der Waals surface area contributed by atoms with Crippen molar-refractivity contribution in [2.45, 2.75) is 46.8 Å². The van der Waals surface area contributed by atoms with Gasteiger partial charge in [-0.3, -0.25) is 4.98 Å². The van der Waals surface area contributed by atoms with Crippen molar-refractivity contribution < 1.29 is 36.5 Å². The number of nitrogens with zero attached hydrogens (tertiary/aromatic N) is 2. The molecule has 3 N–H and O–H groups in total. The Labute approximate surface area is 240 Å². The van der Waals surface area contributed by atoms with Gasteiger partial charge in [-0.2, -0.15) is 4.31 Å². The van der Waals surface area contributed by atoms with Crippen LogP contribution in [0.2, 0.25) is 0 Å². The highest BCUT2D eigenvalue weighted by Gasteiger charge is 2.45. The van der Waals surface area contributed by atoms with Crippen molar-refractivity contribution in [3.8, 4) is 5.75 Å². The Kier molecular flexibility index (Phi) is 8.95. The topological polar surface area (TPSA) is 155 Å². The lowest BCUT2D eigenvalue weighted by Crippen LogP contribution is -2.47. The molecule has 3 heterocycles. The van der Waals surface area contributed by atoms with Crippen LogP contribution in [0.1, 0.15) is 19.3 Å². The summed E-state index contributed by atoms with van der Waals surface area (Å²) in [5.74, 6) is -0.0581. The zero-order valence-electron chi connectivity index (χ0n) is 22.6. The molecule has 2 fully saturated rings. The summed E-state index contributed by atoms with van der Waals surface area (Å²) in [6.45, 7) is 0.932. The number of hydrogen-bond acceptors (Lipinski definition) is 10. The van der Waals surface area contributed by atoms with Crippen LogP contribution in [0.3, 0.4) is 0 Å². The molecule has 0 radical (unpaired) electrons. The summed E-state index contributed by atoms with van der Waals surface area (Å²) in [6.07, 6.45) is 4.29. The van der Waals surface area contributed by atoms with Gasteiger partial charge < -0.3 is 25.0 Å². The van der Waals surface area contributed by atoms with E-state index in [1.807, 2.05) is 6.07 Å². The Bertz CT molecular complexity index is 1570. The van der Waals surface area contributed by atoms with E-state index in [4.69, 9.17) is 14.6 Å². The van der Waals surface area contributed by atoms with Crippen LogP contribution in [0.4, 0.5) is 0 Å². The number of sulfonamides is 1. The van der Waals surface area contributed by atoms with Crippen LogP contribution in [0, 0.1) is 0 Å². The van der Waals surface area contributed by atoms with Crippen molar-refractivity contribution in [3.63, 3.8) is 0 Å². The lowest BCUT2D eigenvalue weighted by Gasteiger charge is -2.38. The van der Waals surface area contributed by atoms with Crippen molar-refractivity contribution >= 4 is 30.6 Å². The maximum Gasteiger partial charge on any atom is 0.243 e. The molecule has 2 atom stereocenters. The van der Waals surface area contributed by atoms with Crippen LogP contribution in [0.25, 0.3) is 10.8 Å². The first-order valence-corrected chi connectivity index (χ1v) is 16.7. The SMILES string of the molecule is O=S(=O)(CCO)c1cccc(OCC(O)CN[C@H]2COC3(CCN(S(=O)(=O)c4cccc5cnccc45)CC3)C2)c1. The van der Waals surface area contributed by atoms with E-state index in [0.717, 1.165) is 5.39 Å². The van der Waals surface area contributed by atoms with Crippen LogP contribution in [-0.4, -0.2) is 99.3 Å². The van der Waals surface area contributed by atoms with E-state index in [1.54, 1.807) is 42.7 Å². The Hall–Kier alpha value is -2.65. The van der Waals surface area contributed by atoms with E-state index < -0.39 is 38.2 Å². The predicted molar refractivity (Wildman–Crippen MR) is 152 cm³/mol. The molecule has 2 aliphatic heterocycles. The van der Waals surface area contributed by atoms with Gasteiger partial charge in [-0.05, 0) is 49.6 Å². The molecule has 1 spiro atoms. The molecule has 0 saturated carbocycles. The average molecular weight is 606 g/mol. The summed E-state index contributed by atoms with van der Waals surface area (Å²) in [5, 5.41) is 24.2. The van der Waals surface area contributed by atoms with Gasteiger partial charge in [-0.15, -0.1) is 0 Å². The zero-order chi connectivity index (χ0) is 29.1. The molecule has 41 heavy (non-hydrogen) atoms. The van der Waals surface area contributed by atoms with Gasteiger partial charge in [0.2, 0.25) is 10.0 Å². The van der Waals surface area contributed by atoms with Crippen molar-refractivity contribution in [2.75, 3.05) is 45.2 Å². The molecule has 0 amide bonds. The van der Waals surface area contributed by atoms with Crippen LogP contribution in [0.5, 0.6) is 5.75 Å². The van der Waals surface area contributed by atoms with Crippen LogP contribution in [0.15, 0.2) is 70.7 Å². The number of fused-ring (bicyclic) bond motifs is 1. The van der Waals surface area contributed by atoms with E-state index in [1.165, 1.54) is 16.4 Å². The number of ether oxygens (including phenoxy) is 2. The van der Waals surface area contributed by atoms with Crippen LogP contribution >= 0.6 is 0 Å². The minimum absolute atomic E-state index is 0.00493. The third-order valence-electron chi connectivity index (χ3n) is 7.71. The largest absolute Gasteiger partial charge is 0.491 e. The van der Waals surface area contributed by atoms with Gasteiger partial charge in [0.15, 0.2) is 9.84 Å². The van der Waals surface area contributed by atoms with E-state index >= 15 is 0 Å². The molecule has 13 heteroatoms. The van der Waals surface area contributed by atoms with Gasteiger partial charge >= 0.3 is 0 Å². The molecule has 11 nitrogen and oxygen atoms in total.